The lowest BCUT2D eigenvalue weighted by atomic mass is 12.0. The van der Waals surface area contributed by atoms with Crippen LogP contribution in [0.2, 0.25) is 0 Å². The van der Waals surface area contributed by atoms with E-state index in [4.69, 9.17) is 0 Å². The highest BCUT2D eigenvalue weighted by atomic mass is 35.5. The minimum atomic E-state index is 0. The van der Waals surface area contributed by atoms with Gasteiger partial charge in [0.2, 0.25) is 0 Å². The normalized spacial score (nSPS) is 0. The topological polar surface area (TPSA) is 0 Å². The van der Waals surface area contributed by atoms with Gasteiger partial charge < -0.3 is 0 Å². The maximum Gasteiger partial charge on any atom is 0 e. The van der Waals surface area contributed by atoms with Crippen LogP contribution in [0.25, 0.3) is 0 Å². The molecule has 0 aliphatic rings. The molecular weight excluding hydrogens is 102 g/mol. The van der Waals surface area contributed by atoms with Gasteiger partial charge in [0.05, 0.1) is 0 Å². The summed E-state index contributed by atoms with van der Waals surface area (Å²) in [5.41, 5.74) is 0. The van der Waals surface area contributed by atoms with Gasteiger partial charge in [-0.1, -0.05) is 0 Å². The molecule has 28 valence electrons. The summed E-state index contributed by atoms with van der Waals surface area (Å²) in [5, 5.41) is 0. The van der Waals surface area contributed by atoms with Crippen molar-refractivity contribution in [2.45, 2.75) is 0 Å². The highest BCUT2D eigenvalue weighted by molar-refractivity contribution is 5.85. The molecule has 0 bridgehead atoms. The monoisotopic (exact) mass is 104 g/mol. The van der Waals surface area contributed by atoms with Crippen molar-refractivity contribution in [2.75, 3.05) is 0 Å². The van der Waals surface area contributed by atoms with E-state index in [-0.39, 0.29) is 36.9 Å². The van der Waals surface area contributed by atoms with E-state index in [9.17, 15) is 0 Å². The molecule has 0 saturated carbocycles. The van der Waals surface area contributed by atoms with Crippen LogP contribution in [-0.2, 0) is 0 Å². The minimum Gasteiger partial charge on any atom is -0.269 e. The summed E-state index contributed by atoms with van der Waals surface area (Å²) < 4.78 is 0. The lowest BCUT2D eigenvalue weighted by Gasteiger charge is -0.269. The second kappa shape index (κ2) is 85.0. The van der Waals surface area contributed by atoms with E-state index in [2.05, 4.69) is 0 Å². The van der Waals surface area contributed by atoms with Crippen molar-refractivity contribution in [3.8, 4) is 0 Å². The van der Waals surface area contributed by atoms with Gasteiger partial charge >= 0.3 is 0 Å². The molecular formula is CH3Cl2F. The molecule has 0 aliphatic carbocycles. The Morgan fingerprint density at radius 3 is 0.750 bits per heavy atom. The van der Waals surface area contributed by atoms with E-state index in [1.807, 2.05) is 0 Å². The highest BCUT2D eigenvalue weighted by Crippen LogP contribution is 0.691. The van der Waals surface area contributed by atoms with Crippen LogP contribution in [0.15, 0.2) is 0 Å². The molecule has 0 atom stereocenters. The fourth-order valence-electron chi connectivity index (χ4n) is 0. The zero-order chi connectivity index (χ0) is 0. The van der Waals surface area contributed by atoms with E-state index in [0.29, 0.717) is 0 Å². The minimum absolute atomic E-state index is 0. The van der Waals surface area contributed by atoms with Crippen molar-refractivity contribution >= 4 is 24.8 Å². The van der Waals surface area contributed by atoms with Crippen molar-refractivity contribution in [3.63, 3.8) is 0 Å². The summed E-state index contributed by atoms with van der Waals surface area (Å²) in [6, 6.07) is 0. The summed E-state index contributed by atoms with van der Waals surface area (Å²) in [7, 11) is 0. The zero-order valence-electron chi connectivity index (χ0n) is 1.72. The molecule has 3 heteroatoms. The van der Waals surface area contributed by atoms with Gasteiger partial charge in [0.15, 0.2) is 0 Å². The molecule has 0 fully saturated rings. The van der Waals surface area contributed by atoms with Crippen molar-refractivity contribution in [2.24, 2.45) is 0 Å². The van der Waals surface area contributed by atoms with Crippen molar-refractivity contribution in [3.05, 3.63) is 7.43 Å². The highest BCUT2D eigenvalue weighted by Gasteiger charge is 0.0000176. The van der Waals surface area contributed by atoms with Crippen LogP contribution >= 0.6 is 24.8 Å². The second-order valence-electron chi connectivity index (χ2n) is 0. The van der Waals surface area contributed by atoms with Gasteiger partial charge in [0, 0.05) is 7.43 Å². The molecule has 0 N–H and O–H groups in total. The van der Waals surface area contributed by atoms with Gasteiger partial charge in [0.25, 0.3) is 0 Å². The molecule has 0 nitrogen and oxygen atoms in total. The average molecular weight is 105 g/mol. The van der Waals surface area contributed by atoms with Gasteiger partial charge in [-0.15, -0.1) is 24.8 Å². The SMILES string of the molecule is Cl.Cl.F.[C]. The first-order chi connectivity index (χ1) is 0. The molecule has 0 saturated heterocycles. The van der Waals surface area contributed by atoms with E-state index >= 15 is 0 Å². The Morgan fingerprint density at radius 1 is 0.750 bits per heavy atom. The fraction of sp³-hybridized carbons (Fsp3) is 0. The van der Waals surface area contributed by atoms with E-state index in [0.717, 1.165) is 0 Å². The third kappa shape index (κ3) is 22.0. The molecule has 0 aromatic heterocycles. The maximum absolute atomic E-state index is 0. The third-order valence-corrected chi connectivity index (χ3v) is 0. The quantitative estimate of drug-likeness (QED) is 0.432. The van der Waals surface area contributed by atoms with Crippen LogP contribution in [0.1, 0.15) is 0 Å². The van der Waals surface area contributed by atoms with Gasteiger partial charge in [-0.05, 0) is 0 Å². The molecule has 0 heterocycles. The predicted molar refractivity (Wildman–Crippen MR) is 20.2 cm³/mol. The molecule has 0 amide bonds. The molecule has 0 rings (SSSR count). The molecule has 4 heavy (non-hydrogen) atoms. The van der Waals surface area contributed by atoms with E-state index in [1.165, 1.54) is 0 Å². The number of halogens is 3. The molecule has 0 spiro atoms. The summed E-state index contributed by atoms with van der Waals surface area (Å²) in [6.45, 7) is 0. The summed E-state index contributed by atoms with van der Waals surface area (Å²) in [5.74, 6) is 0. The van der Waals surface area contributed by atoms with Gasteiger partial charge in [-0.2, -0.15) is 0 Å². The van der Waals surface area contributed by atoms with Crippen molar-refractivity contribution in [1.82, 2.24) is 0 Å². The zero-order valence-corrected chi connectivity index (χ0v) is 3.36. The van der Waals surface area contributed by atoms with Crippen LogP contribution < -0.4 is 0 Å². The third-order valence-electron chi connectivity index (χ3n) is 0. The van der Waals surface area contributed by atoms with Crippen LogP contribution in [-0.4, -0.2) is 0 Å². The Hall–Kier alpha value is 0.510. The Labute approximate surface area is 37.8 Å². The van der Waals surface area contributed by atoms with E-state index < -0.39 is 0 Å². The lowest BCUT2D eigenvalue weighted by molar-refractivity contribution is 1.11. The predicted octanol–water partition coefficient (Wildman–Crippen LogP) is 1.08. The van der Waals surface area contributed by atoms with Crippen LogP contribution in [0, 0.1) is 7.43 Å². The Morgan fingerprint density at radius 2 is 0.750 bits per heavy atom. The number of rotatable bonds is 0. The molecule has 0 aromatic rings. The van der Waals surface area contributed by atoms with Gasteiger partial charge in [-0.25, -0.2) is 0 Å². The fourth-order valence-corrected chi connectivity index (χ4v) is 0. The molecule has 0 unspecified atom stereocenters. The summed E-state index contributed by atoms with van der Waals surface area (Å²) in [6.07, 6.45) is 0. The van der Waals surface area contributed by atoms with Crippen LogP contribution in [0.4, 0.5) is 4.70 Å². The van der Waals surface area contributed by atoms with Crippen molar-refractivity contribution < 1.29 is 4.70 Å². The van der Waals surface area contributed by atoms with E-state index in [1.54, 1.807) is 0 Å². The van der Waals surface area contributed by atoms with Crippen molar-refractivity contribution in [1.29, 1.82) is 0 Å². The van der Waals surface area contributed by atoms with Crippen LogP contribution in [0.5, 0.6) is 0 Å². The summed E-state index contributed by atoms with van der Waals surface area (Å²) in [4.78, 5) is 0. The smallest absolute Gasteiger partial charge is 0 e. The average Bonchev–Trinajstić information content (AvgIpc) is 0. The Bertz CT molecular complexity index is 6.00. The standard InChI is InChI=1S/C.2ClH.FH/h;3*1H. The second-order valence-corrected chi connectivity index (χ2v) is 0. The Kier molecular flexibility index (Phi) is 4540. The molecule has 0 aliphatic heterocycles. The maximum atomic E-state index is 0. The summed E-state index contributed by atoms with van der Waals surface area (Å²) >= 11 is 0. The first-order valence-corrected chi connectivity index (χ1v) is 0. The first kappa shape index (κ1) is 214. The number of hydrogen-bond acceptors (Lipinski definition) is 0. The lowest BCUT2D eigenvalue weighted by Crippen LogP contribution is 0.0813. The molecule has 4 radical (unpaired) electrons. The Balaban J connectivity index is 0. The molecule has 0 aromatic carbocycles. The van der Waals surface area contributed by atoms with Crippen LogP contribution in [0.3, 0.4) is 0 Å². The van der Waals surface area contributed by atoms with Gasteiger partial charge in [0.1, 0.15) is 0 Å². The largest absolute Gasteiger partial charge is 0.269 e. The van der Waals surface area contributed by atoms with Gasteiger partial charge in [-0.3, -0.25) is 4.70 Å². The first-order valence-electron chi connectivity index (χ1n) is 0. The number of hydrogen-bond donors (Lipinski definition) is 0.